The number of carbonyl (C=O) groups excluding carboxylic acids is 3. The van der Waals surface area contributed by atoms with Gasteiger partial charge in [-0.05, 0) is 24.3 Å². The molecule has 1 N–H and O–H groups in total. The number of rotatable bonds is 6. The van der Waals surface area contributed by atoms with Gasteiger partial charge < -0.3 is 10.1 Å². The average Bonchev–Trinajstić information content (AvgIpc) is 3.14. The minimum absolute atomic E-state index is 0.218. The number of methoxy groups -OCH3 is 1. The molecule has 0 aliphatic carbocycles. The van der Waals surface area contributed by atoms with Crippen molar-refractivity contribution in [2.75, 3.05) is 20.2 Å². The zero-order valence-corrected chi connectivity index (χ0v) is 14.9. The highest BCUT2D eigenvalue weighted by atomic mass is 35.5. The molecule has 0 fully saturated rings. The number of hydrogen-bond donors (Lipinski definition) is 1. The van der Waals surface area contributed by atoms with Crippen LogP contribution in [-0.4, -0.2) is 42.8 Å². The number of ether oxygens (including phenoxy) is 1. The molecule has 0 bridgehead atoms. The zero-order valence-electron chi connectivity index (χ0n) is 13.3. The number of nitrogens with one attached hydrogen (secondary N) is 1. The highest BCUT2D eigenvalue weighted by Gasteiger charge is 2.36. The summed E-state index contributed by atoms with van der Waals surface area (Å²) in [5.74, 6) is -1.34. The number of fused-ring (bicyclic) bond motifs is 1. The molecule has 130 valence electrons. The van der Waals surface area contributed by atoms with E-state index in [0.717, 1.165) is 9.78 Å². The smallest absolute Gasteiger partial charge is 0.262 e. The summed E-state index contributed by atoms with van der Waals surface area (Å²) in [6, 6.07) is 10.1. The maximum Gasteiger partial charge on any atom is 0.262 e. The van der Waals surface area contributed by atoms with Crippen molar-refractivity contribution in [2.45, 2.75) is 6.10 Å². The third-order valence-electron chi connectivity index (χ3n) is 3.86. The third-order valence-corrected chi connectivity index (χ3v) is 5.18. The lowest BCUT2D eigenvalue weighted by Gasteiger charge is -2.17. The molecule has 0 saturated carbocycles. The molecular weight excluding hydrogens is 364 g/mol. The SMILES string of the molecule is COC(CNC(=O)CN1C(=O)c2ccccc2C1=O)c1ccc(Cl)s1. The summed E-state index contributed by atoms with van der Waals surface area (Å²) in [5.41, 5.74) is 0.645. The van der Waals surface area contributed by atoms with Crippen molar-refractivity contribution in [3.8, 4) is 0 Å². The van der Waals surface area contributed by atoms with E-state index in [1.165, 1.54) is 18.4 Å². The second-order valence-corrected chi connectivity index (χ2v) is 7.16. The van der Waals surface area contributed by atoms with Crippen molar-refractivity contribution in [3.63, 3.8) is 0 Å². The fourth-order valence-electron chi connectivity index (χ4n) is 2.59. The molecule has 8 heteroatoms. The first-order valence-corrected chi connectivity index (χ1v) is 8.70. The number of hydrogen-bond acceptors (Lipinski definition) is 5. The van der Waals surface area contributed by atoms with Gasteiger partial charge in [-0.1, -0.05) is 23.7 Å². The number of thiophene rings is 1. The largest absolute Gasteiger partial charge is 0.374 e. The van der Waals surface area contributed by atoms with Crippen LogP contribution in [0.3, 0.4) is 0 Å². The Morgan fingerprint density at radius 2 is 1.84 bits per heavy atom. The number of benzene rings is 1. The van der Waals surface area contributed by atoms with Crippen LogP contribution < -0.4 is 5.32 Å². The minimum atomic E-state index is -0.455. The lowest BCUT2D eigenvalue weighted by Crippen LogP contribution is -2.41. The summed E-state index contributed by atoms with van der Waals surface area (Å²) >= 11 is 7.28. The Morgan fingerprint density at radius 1 is 1.20 bits per heavy atom. The summed E-state index contributed by atoms with van der Waals surface area (Å²) in [5, 5.41) is 2.69. The Kier molecular flexibility index (Phi) is 5.17. The highest BCUT2D eigenvalue weighted by molar-refractivity contribution is 7.16. The van der Waals surface area contributed by atoms with Crippen LogP contribution >= 0.6 is 22.9 Å². The molecule has 0 saturated heterocycles. The number of imide groups is 1. The number of amides is 3. The van der Waals surface area contributed by atoms with Crippen LogP contribution in [0.25, 0.3) is 0 Å². The monoisotopic (exact) mass is 378 g/mol. The summed E-state index contributed by atoms with van der Waals surface area (Å²) in [6.45, 7) is -0.108. The molecule has 6 nitrogen and oxygen atoms in total. The molecule has 1 atom stereocenters. The standard InChI is InChI=1S/C17H15ClN2O4S/c1-24-12(13-6-7-14(18)25-13)8-19-15(21)9-20-16(22)10-4-2-3-5-11(10)17(20)23/h2-7,12H,8-9H2,1H3,(H,19,21). The zero-order chi connectivity index (χ0) is 18.0. The van der Waals surface area contributed by atoms with Gasteiger partial charge in [0.05, 0.1) is 15.5 Å². The van der Waals surface area contributed by atoms with Crippen molar-refractivity contribution in [1.29, 1.82) is 0 Å². The summed E-state index contributed by atoms with van der Waals surface area (Å²) in [6.07, 6.45) is -0.344. The number of halogens is 1. The normalized spacial score (nSPS) is 14.6. The van der Waals surface area contributed by atoms with Gasteiger partial charge in [0.1, 0.15) is 12.6 Å². The molecule has 25 heavy (non-hydrogen) atoms. The van der Waals surface area contributed by atoms with E-state index in [1.807, 2.05) is 6.07 Å². The van der Waals surface area contributed by atoms with Crippen molar-refractivity contribution >= 4 is 40.7 Å². The van der Waals surface area contributed by atoms with Crippen LogP contribution in [0.4, 0.5) is 0 Å². The molecular formula is C17H15ClN2O4S. The van der Waals surface area contributed by atoms with Crippen LogP contribution in [0.1, 0.15) is 31.7 Å². The van der Waals surface area contributed by atoms with Crippen molar-refractivity contribution in [1.82, 2.24) is 10.2 Å². The van der Waals surface area contributed by atoms with E-state index in [1.54, 1.807) is 30.3 Å². The van der Waals surface area contributed by atoms with E-state index in [4.69, 9.17) is 16.3 Å². The van der Waals surface area contributed by atoms with Gasteiger partial charge in [-0.2, -0.15) is 0 Å². The Balaban J connectivity index is 1.60. The third kappa shape index (κ3) is 3.58. The molecule has 1 aliphatic rings. The van der Waals surface area contributed by atoms with E-state index >= 15 is 0 Å². The van der Waals surface area contributed by atoms with Crippen LogP contribution in [0.2, 0.25) is 4.34 Å². The summed E-state index contributed by atoms with van der Waals surface area (Å²) in [4.78, 5) is 38.5. The molecule has 3 amide bonds. The van der Waals surface area contributed by atoms with Crippen molar-refractivity contribution < 1.29 is 19.1 Å². The molecule has 0 spiro atoms. The fourth-order valence-corrected chi connectivity index (χ4v) is 3.73. The maximum absolute atomic E-state index is 12.2. The molecule has 2 aromatic rings. The molecule has 1 aliphatic heterocycles. The van der Waals surface area contributed by atoms with Gasteiger partial charge in [-0.15, -0.1) is 11.3 Å². The molecule has 1 aromatic heterocycles. The van der Waals surface area contributed by atoms with Gasteiger partial charge in [-0.25, -0.2) is 0 Å². The van der Waals surface area contributed by atoms with Crippen LogP contribution in [0.15, 0.2) is 36.4 Å². The number of carbonyl (C=O) groups is 3. The van der Waals surface area contributed by atoms with E-state index in [2.05, 4.69) is 5.32 Å². The van der Waals surface area contributed by atoms with Crippen LogP contribution in [0, 0.1) is 0 Å². The maximum atomic E-state index is 12.2. The van der Waals surface area contributed by atoms with Crippen molar-refractivity contribution in [3.05, 3.63) is 56.7 Å². The van der Waals surface area contributed by atoms with Crippen LogP contribution in [-0.2, 0) is 9.53 Å². The Labute approximate surface area is 153 Å². The Bertz CT molecular complexity index is 801. The van der Waals surface area contributed by atoms with E-state index < -0.39 is 17.7 Å². The van der Waals surface area contributed by atoms with Gasteiger partial charge in [0.2, 0.25) is 5.91 Å². The van der Waals surface area contributed by atoms with E-state index in [9.17, 15) is 14.4 Å². The minimum Gasteiger partial charge on any atom is -0.374 e. The Hall–Kier alpha value is -2.22. The van der Waals surface area contributed by atoms with E-state index in [-0.39, 0.29) is 19.2 Å². The molecule has 3 rings (SSSR count). The van der Waals surface area contributed by atoms with Gasteiger partial charge >= 0.3 is 0 Å². The Morgan fingerprint density at radius 3 is 2.36 bits per heavy atom. The highest BCUT2D eigenvalue weighted by Crippen LogP contribution is 2.28. The lowest BCUT2D eigenvalue weighted by atomic mass is 10.1. The van der Waals surface area contributed by atoms with Gasteiger partial charge in [0, 0.05) is 18.5 Å². The number of nitrogens with zero attached hydrogens (tertiary/aromatic N) is 1. The average molecular weight is 379 g/mol. The van der Waals surface area contributed by atoms with Crippen LogP contribution in [0.5, 0.6) is 0 Å². The second-order valence-electron chi connectivity index (χ2n) is 5.41. The first kappa shape index (κ1) is 17.6. The molecule has 1 unspecified atom stereocenters. The van der Waals surface area contributed by atoms with Gasteiger partial charge in [0.25, 0.3) is 11.8 Å². The second kappa shape index (κ2) is 7.35. The topological polar surface area (TPSA) is 75.7 Å². The fraction of sp³-hybridized carbons (Fsp3) is 0.235. The summed E-state index contributed by atoms with van der Waals surface area (Å²) in [7, 11) is 1.54. The molecule has 0 radical (unpaired) electrons. The first-order valence-electron chi connectivity index (χ1n) is 7.51. The quantitative estimate of drug-likeness (QED) is 0.783. The molecule has 1 aromatic carbocycles. The van der Waals surface area contributed by atoms with Gasteiger partial charge in [0.15, 0.2) is 0 Å². The first-order chi connectivity index (χ1) is 12.0. The van der Waals surface area contributed by atoms with Crippen molar-refractivity contribution in [2.24, 2.45) is 0 Å². The predicted octanol–water partition coefficient (Wildman–Crippen LogP) is 2.50. The molecule has 2 heterocycles. The lowest BCUT2D eigenvalue weighted by molar-refractivity contribution is -0.122. The van der Waals surface area contributed by atoms with Gasteiger partial charge in [-0.3, -0.25) is 19.3 Å². The predicted molar refractivity (Wildman–Crippen MR) is 93.9 cm³/mol. The summed E-state index contributed by atoms with van der Waals surface area (Å²) < 4.78 is 5.99. The van der Waals surface area contributed by atoms with E-state index in [0.29, 0.717) is 15.5 Å².